The first-order chi connectivity index (χ1) is 8.28. The van der Waals surface area contributed by atoms with Gasteiger partial charge in [-0.1, -0.05) is 0 Å². The number of aromatic nitrogens is 2. The highest BCUT2D eigenvalue weighted by Gasteiger charge is 2.31. The first-order valence-corrected chi connectivity index (χ1v) is 5.65. The van der Waals surface area contributed by atoms with Crippen molar-refractivity contribution in [3.8, 4) is 0 Å². The summed E-state index contributed by atoms with van der Waals surface area (Å²) in [6.07, 6.45) is -5.25. The van der Waals surface area contributed by atoms with Gasteiger partial charge in [0.2, 0.25) is 0 Å². The number of nitrogens with zero attached hydrogens (tertiary/aromatic N) is 1. The number of rotatable bonds is 2. The Bertz CT molecular complexity index is 626. The molecule has 0 aliphatic rings. The molecule has 7 heteroatoms. The molecule has 2 aromatic rings. The van der Waals surface area contributed by atoms with Crippen LogP contribution in [0.2, 0.25) is 0 Å². The van der Waals surface area contributed by atoms with Gasteiger partial charge in [-0.15, -0.1) is 0 Å². The number of H-pyrrole nitrogens is 1. The summed E-state index contributed by atoms with van der Waals surface area (Å²) < 4.78 is 51.7. The van der Waals surface area contributed by atoms with Gasteiger partial charge in [0.05, 0.1) is 17.5 Å². The zero-order valence-electron chi connectivity index (χ0n) is 9.38. The minimum Gasteiger partial charge on any atom is -0.330 e. The van der Waals surface area contributed by atoms with Crippen molar-refractivity contribution in [1.29, 1.82) is 0 Å². The summed E-state index contributed by atoms with van der Waals surface area (Å²) in [4.78, 5) is 2.70. The van der Waals surface area contributed by atoms with Crippen LogP contribution in [0.25, 0.3) is 11.0 Å². The van der Waals surface area contributed by atoms with Gasteiger partial charge in [-0.05, 0) is 37.3 Å². The van der Waals surface area contributed by atoms with Crippen LogP contribution in [-0.4, -0.2) is 15.7 Å². The van der Waals surface area contributed by atoms with Crippen LogP contribution in [0.4, 0.5) is 17.6 Å². The van der Waals surface area contributed by atoms with E-state index in [0.717, 1.165) is 0 Å². The molecule has 0 saturated carbocycles. The van der Waals surface area contributed by atoms with Crippen molar-refractivity contribution < 1.29 is 17.6 Å². The normalized spacial score (nSPS) is 14.1. The first-order valence-electron chi connectivity index (χ1n) is 5.24. The number of hydrogen-bond donors (Lipinski definition) is 1. The molecule has 0 spiro atoms. The Morgan fingerprint density at radius 2 is 2.06 bits per heavy atom. The minimum atomic E-state index is -4.27. The predicted octanol–water partition coefficient (Wildman–Crippen LogP) is 4.35. The molecule has 2 nitrogen and oxygen atoms in total. The van der Waals surface area contributed by atoms with Gasteiger partial charge in [-0.2, -0.15) is 13.2 Å². The topological polar surface area (TPSA) is 20.7 Å². The molecule has 1 unspecified atom stereocenters. The van der Waals surface area contributed by atoms with Gasteiger partial charge in [0.15, 0.2) is 4.77 Å². The van der Waals surface area contributed by atoms with E-state index < -0.39 is 24.5 Å². The van der Waals surface area contributed by atoms with Gasteiger partial charge in [-0.25, -0.2) is 4.39 Å². The highest BCUT2D eigenvalue weighted by atomic mass is 32.1. The van der Waals surface area contributed by atoms with Crippen molar-refractivity contribution in [2.75, 3.05) is 0 Å². The smallest absolute Gasteiger partial charge is 0.330 e. The monoisotopic (exact) mass is 278 g/mol. The van der Waals surface area contributed by atoms with Crippen molar-refractivity contribution in [3.05, 3.63) is 28.8 Å². The second-order valence-corrected chi connectivity index (χ2v) is 4.52. The molecule has 0 radical (unpaired) electrons. The lowest BCUT2D eigenvalue weighted by molar-refractivity contribution is -0.141. The SMILES string of the molecule is CC(CC(F)(F)F)n1c(=S)[nH]c2cc(F)ccc21. The highest BCUT2D eigenvalue weighted by Crippen LogP contribution is 2.30. The molecule has 0 fully saturated rings. The fourth-order valence-corrected chi connectivity index (χ4v) is 2.36. The summed E-state index contributed by atoms with van der Waals surface area (Å²) in [6.45, 7) is 1.43. The van der Waals surface area contributed by atoms with Gasteiger partial charge in [0.1, 0.15) is 5.82 Å². The van der Waals surface area contributed by atoms with Crippen molar-refractivity contribution in [2.45, 2.75) is 25.6 Å². The Balaban J connectivity index is 2.51. The molecule has 0 saturated heterocycles. The molecule has 18 heavy (non-hydrogen) atoms. The third-order valence-corrected chi connectivity index (χ3v) is 2.94. The number of nitrogens with one attached hydrogen (secondary N) is 1. The fraction of sp³-hybridized carbons (Fsp3) is 0.364. The number of hydrogen-bond acceptors (Lipinski definition) is 1. The second-order valence-electron chi connectivity index (χ2n) is 4.13. The number of aromatic amines is 1. The van der Waals surface area contributed by atoms with E-state index in [0.29, 0.717) is 11.0 Å². The Hall–Kier alpha value is -1.37. The lowest BCUT2D eigenvalue weighted by Crippen LogP contribution is -2.16. The summed E-state index contributed by atoms with van der Waals surface area (Å²) in [5.41, 5.74) is 0.868. The summed E-state index contributed by atoms with van der Waals surface area (Å²) in [7, 11) is 0. The number of alkyl halides is 3. The highest BCUT2D eigenvalue weighted by molar-refractivity contribution is 7.71. The maximum Gasteiger partial charge on any atom is 0.391 e. The third kappa shape index (κ3) is 2.55. The Morgan fingerprint density at radius 3 is 2.67 bits per heavy atom. The van der Waals surface area contributed by atoms with Crippen LogP contribution >= 0.6 is 12.2 Å². The molecule has 0 aliphatic carbocycles. The van der Waals surface area contributed by atoms with Crippen molar-refractivity contribution in [2.24, 2.45) is 0 Å². The quantitative estimate of drug-likeness (QED) is 0.639. The van der Waals surface area contributed by atoms with E-state index >= 15 is 0 Å². The minimum absolute atomic E-state index is 0.160. The Morgan fingerprint density at radius 1 is 1.39 bits per heavy atom. The zero-order valence-corrected chi connectivity index (χ0v) is 10.2. The summed E-state index contributed by atoms with van der Waals surface area (Å²) in [6, 6.07) is 2.99. The number of fused-ring (bicyclic) bond motifs is 1. The number of imidazole rings is 1. The molecule has 1 atom stereocenters. The molecule has 2 rings (SSSR count). The van der Waals surface area contributed by atoms with Gasteiger partial charge in [0, 0.05) is 6.04 Å². The van der Waals surface area contributed by atoms with E-state index in [1.165, 1.54) is 29.7 Å². The molecule has 1 heterocycles. The lowest BCUT2D eigenvalue weighted by Gasteiger charge is -2.16. The van der Waals surface area contributed by atoms with Crippen LogP contribution in [0.1, 0.15) is 19.4 Å². The van der Waals surface area contributed by atoms with E-state index in [2.05, 4.69) is 4.98 Å². The maximum atomic E-state index is 13.0. The molecule has 98 valence electrons. The van der Waals surface area contributed by atoms with Gasteiger partial charge < -0.3 is 9.55 Å². The van der Waals surface area contributed by atoms with E-state index in [1.807, 2.05) is 0 Å². The fourth-order valence-electron chi connectivity index (χ4n) is 1.97. The van der Waals surface area contributed by atoms with Crippen LogP contribution in [0.3, 0.4) is 0 Å². The zero-order chi connectivity index (χ0) is 13.5. The van der Waals surface area contributed by atoms with E-state index in [-0.39, 0.29) is 4.77 Å². The molecule has 1 aromatic heterocycles. The molecule has 0 bridgehead atoms. The number of benzene rings is 1. The van der Waals surface area contributed by atoms with Crippen LogP contribution in [-0.2, 0) is 0 Å². The van der Waals surface area contributed by atoms with E-state index in [1.54, 1.807) is 0 Å². The average molecular weight is 278 g/mol. The van der Waals surface area contributed by atoms with E-state index in [9.17, 15) is 17.6 Å². The molecular formula is C11H10F4N2S. The van der Waals surface area contributed by atoms with Crippen molar-refractivity contribution >= 4 is 23.3 Å². The van der Waals surface area contributed by atoms with Crippen LogP contribution in [0.15, 0.2) is 18.2 Å². The third-order valence-electron chi connectivity index (χ3n) is 2.65. The first kappa shape index (κ1) is 13.1. The number of halogens is 4. The lowest BCUT2D eigenvalue weighted by atomic mass is 10.2. The Labute approximate surface area is 105 Å². The van der Waals surface area contributed by atoms with Gasteiger partial charge >= 0.3 is 6.18 Å². The van der Waals surface area contributed by atoms with Gasteiger partial charge in [0.25, 0.3) is 0 Å². The average Bonchev–Trinajstić information content (AvgIpc) is 2.50. The molecule has 0 aliphatic heterocycles. The Kier molecular flexibility index (Phi) is 3.18. The molecular weight excluding hydrogens is 268 g/mol. The molecule has 1 N–H and O–H groups in total. The second kappa shape index (κ2) is 4.38. The summed E-state index contributed by atoms with van der Waals surface area (Å²) in [5, 5.41) is 0. The van der Waals surface area contributed by atoms with Crippen LogP contribution < -0.4 is 0 Å². The summed E-state index contributed by atoms with van der Waals surface area (Å²) in [5.74, 6) is -0.464. The van der Waals surface area contributed by atoms with Crippen LogP contribution in [0.5, 0.6) is 0 Å². The summed E-state index contributed by atoms with van der Waals surface area (Å²) >= 11 is 4.98. The molecule has 0 amide bonds. The predicted molar refractivity (Wildman–Crippen MR) is 62.5 cm³/mol. The van der Waals surface area contributed by atoms with Crippen molar-refractivity contribution in [3.63, 3.8) is 0 Å². The maximum absolute atomic E-state index is 13.0. The van der Waals surface area contributed by atoms with E-state index in [4.69, 9.17) is 12.2 Å². The van der Waals surface area contributed by atoms with Crippen LogP contribution in [0, 0.1) is 10.6 Å². The van der Waals surface area contributed by atoms with Gasteiger partial charge in [-0.3, -0.25) is 0 Å². The standard InChI is InChI=1S/C11H10F4N2S/c1-6(5-11(13,14)15)17-9-3-2-7(12)4-8(9)16-10(17)18/h2-4,6H,5H2,1H3,(H,16,18). The largest absolute Gasteiger partial charge is 0.391 e. The van der Waals surface area contributed by atoms with Crippen molar-refractivity contribution in [1.82, 2.24) is 9.55 Å². The molecule has 1 aromatic carbocycles.